The molecule has 0 aliphatic carbocycles. The van der Waals surface area contributed by atoms with Gasteiger partial charge in [-0.3, -0.25) is 4.79 Å². The summed E-state index contributed by atoms with van der Waals surface area (Å²) >= 11 is 0. The number of hydrogen-bond donors (Lipinski definition) is 1. The van der Waals surface area contributed by atoms with Crippen molar-refractivity contribution in [1.82, 2.24) is 0 Å². The van der Waals surface area contributed by atoms with E-state index >= 15 is 0 Å². The van der Waals surface area contributed by atoms with E-state index in [1.165, 1.54) is 6.04 Å². The third-order valence-electron chi connectivity index (χ3n) is 4.70. The van der Waals surface area contributed by atoms with Crippen molar-refractivity contribution in [1.29, 1.82) is 0 Å². The highest BCUT2D eigenvalue weighted by molar-refractivity contribution is 6.76. The molecule has 27 heavy (non-hydrogen) atoms. The van der Waals surface area contributed by atoms with Crippen LogP contribution >= 0.6 is 0 Å². The van der Waals surface area contributed by atoms with Crippen LogP contribution < -0.4 is 0 Å². The Balaban J connectivity index is 4.45. The van der Waals surface area contributed by atoms with Gasteiger partial charge in [0.15, 0.2) is 0 Å². The monoisotopic (exact) mass is 396 g/mol. The van der Waals surface area contributed by atoms with Gasteiger partial charge < -0.3 is 9.84 Å². The van der Waals surface area contributed by atoms with Crippen LogP contribution in [-0.4, -0.2) is 31.9 Å². The van der Waals surface area contributed by atoms with E-state index in [2.05, 4.69) is 52.6 Å². The lowest BCUT2D eigenvalue weighted by molar-refractivity contribution is -0.153. The van der Waals surface area contributed by atoms with Crippen LogP contribution in [0.15, 0.2) is 24.3 Å². The van der Waals surface area contributed by atoms with Gasteiger partial charge >= 0.3 is 5.97 Å². The van der Waals surface area contributed by atoms with E-state index in [9.17, 15) is 9.90 Å². The maximum absolute atomic E-state index is 11.7. The Hall–Kier alpha value is -0.873. The Bertz CT molecular complexity index is 481. The molecular weight excluding hydrogens is 352 g/mol. The lowest BCUT2D eigenvalue weighted by Crippen LogP contribution is -2.26. The van der Waals surface area contributed by atoms with Crippen molar-refractivity contribution in [2.75, 3.05) is 6.61 Å². The van der Waals surface area contributed by atoms with Crippen molar-refractivity contribution >= 4 is 14.0 Å². The standard InChI is InChI=1S/C23H44O3Si/c1-18(2)20(14-13-17-27(7,8)9)19(3)21(24)15-11-10-12-16-26-22(25)23(4,5)6/h11,13-15,18-21,24H,10,12,16-17H2,1-9H3/b14-13+,15-11+/t19-,20-,21?/m0/s1. The third-order valence-corrected chi connectivity index (χ3v) is 6.16. The number of aliphatic hydroxyl groups excluding tert-OH is 1. The molecule has 0 aromatic heterocycles. The van der Waals surface area contributed by atoms with Gasteiger partial charge in [-0.2, -0.15) is 0 Å². The van der Waals surface area contributed by atoms with Crippen LogP contribution in [0.25, 0.3) is 0 Å². The molecule has 0 amide bonds. The molecule has 0 heterocycles. The Morgan fingerprint density at radius 2 is 1.67 bits per heavy atom. The Labute approximate surface area is 169 Å². The largest absolute Gasteiger partial charge is 0.465 e. The smallest absolute Gasteiger partial charge is 0.311 e. The van der Waals surface area contributed by atoms with Gasteiger partial charge in [0.05, 0.1) is 18.1 Å². The van der Waals surface area contributed by atoms with Crippen LogP contribution in [0, 0.1) is 23.2 Å². The Morgan fingerprint density at radius 1 is 1.07 bits per heavy atom. The molecule has 3 nitrogen and oxygen atoms in total. The number of carbonyl (C=O) groups is 1. The van der Waals surface area contributed by atoms with E-state index in [4.69, 9.17) is 4.74 Å². The molecule has 1 unspecified atom stereocenters. The molecular formula is C23H44O3Si. The predicted molar refractivity (Wildman–Crippen MR) is 120 cm³/mol. The molecule has 0 aliphatic rings. The normalized spacial score (nSPS) is 16.9. The van der Waals surface area contributed by atoms with Crippen LogP contribution in [-0.2, 0) is 9.53 Å². The number of esters is 1. The number of ether oxygens (including phenoxy) is 1. The molecule has 3 atom stereocenters. The number of allylic oxidation sites excluding steroid dienone is 3. The molecule has 0 aromatic carbocycles. The van der Waals surface area contributed by atoms with Gasteiger partial charge in [-0.15, -0.1) is 0 Å². The second-order valence-electron chi connectivity index (χ2n) is 10.3. The highest BCUT2D eigenvalue weighted by atomic mass is 28.3. The maximum atomic E-state index is 11.7. The molecule has 0 bridgehead atoms. The fraction of sp³-hybridized carbons (Fsp3) is 0.783. The van der Waals surface area contributed by atoms with Crippen LogP contribution in [0.1, 0.15) is 54.4 Å². The summed E-state index contributed by atoms with van der Waals surface area (Å²) < 4.78 is 5.26. The second kappa shape index (κ2) is 11.9. The number of hydrogen-bond acceptors (Lipinski definition) is 3. The van der Waals surface area contributed by atoms with Crippen molar-refractivity contribution in [3.8, 4) is 0 Å². The van der Waals surface area contributed by atoms with E-state index in [0.29, 0.717) is 18.4 Å². The molecule has 0 saturated carbocycles. The second-order valence-corrected chi connectivity index (χ2v) is 15.8. The van der Waals surface area contributed by atoms with Crippen LogP contribution in [0.2, 0.25) is 25.7 Å². The SMILES string of the molecule is CC(C)[C@H](/C=C/C[Si](C)(C)C)[C@H](C)C(O)/C=C/CCCOC(=O)C(C)(C)C. The summed E-state index contributed by atoms with van der Waals surface area (Å²) in [5.41, 5.74) is -0.448. The summed E-state index contributed by atoms with van der Waals surface area (Å²) in [7, 11) is -1.07. The van der Waals surface area contributed by atoms with Crippen molar-refractivity contribution in [3.05, 3.63) is 24.3 Å². The van der Waals surface area contributed by atoms with Gasteiger partial charge in [0, 0.05) is 8.07 Å². The highest BCUT2D eigenvalue weighted by Crippen LogP contribution is 2.27. The number of rotatable bonds is 11. The summed E-state index contributed by atoms with van der Waals surface area (Å²) in [5.74, 6) is 0.884. The molecule has 0 spiro atoms. The fourth-order valence-corrected chi connectivity index (χ4v) is 3.65. The number of aliphatic hydroxyl groups is 1. The minimum Gasteiger partial charge on any atom is -0.465 e. The van der Waals surface area contributed by atoms with Gasteiger partial charge in [0.25, 0.3) is 0 Å². The lowest BCUT2D eigenvalue weighted by Gasteiger charge is -2.27. The summed E-state index contributed by atoms with van der Waals surface area (Å²) in [6.45, 7) is 19.7. The van der Waals surface area contributed by atoms with Gasteiger partial charge in [-0.05, 0) is 57.4 Å². The lowest BCUT2D eigenvalue weighted by atomic mass is 9.81. The maximum Gasteiger partial charge on any atom is 0.311 e. The predicted octanol–water partition coefficient (Wildman–Crippen LogP) is 6.08. The van der Waals surface area contributed by atoms with E-state index in [1.54, 1.807) is 0 Å². The average molecular weight is 397 g/mol. The molecule has 0 rings (SSSR count). The van der Waals surface area contributed by atoms with Gasteiger partial charge in [-0.1, -0.05) is 64.7 Å². The molecule has 0 aromatic rings. The van der Waals surface area contributed by atoms with Gasteiger partial charge in [0.2, 0.25) is 0 Å². The first-order valence-electron chi connectivity index (χ1n) is 10.4. The number of carbonyl (C=O) groups excluding carboxylic acids is 1. The van der Waals surface area contributed by atoms with Crippen molar-refractivity contribution in [3.63, 3.8) is 0 Å². The van der Waals surface area contributed by atoms with E-state index in [1.807, 2.05) is 32.9 Å². The summed E-state index contributed by atoms with van der Waals surface area (Å²) in [6, 6.07) is 1.18. The quantitative estimate of drug-likeness (QED) is 0.199. The first-order valence-corrected chi connectivity index (χ1v) is 14.1. The van der Waals surface area contributed by atoms with E-state index in [-0.39, 0.29) is 11.9 Å². The molecule has 0 saturated heterocycles. The minimum atomic E-state index is -1.07. The zero-order valence-corrected chi connectivity index (χ0v) is 20.2. The first-order chi connectivity index (χ1) is 12.3. The fourth-order valence-electron chi connectivity index (χ4n) is 2.80. The third kappa shape index (κ3) is 12.2. The van der Waals surface area contributed by atoms with Crippen LogP contribution in [0.3, 0.4) is 0 Å². The average Bonchev–Trinajstić information content (AvgIpc) is 2.51. The topological polar surface area (TPSA) is 46.5 Å². The summed E-state index contributed by atoms with van der Waals surface area (Å²) in [5, 5.41) is 10.6. The zero-order valence-electron chi connectivity index (χ0n) is 19.2. The summed E-state index contributed by atoms with van der Waals surface area (Å²) in [6.07, 6.45) is 9.69. The first kappa shape index (κ1) is 26.1. The van der Waals surface area contributed by atoms with Crippen molar-refractivity contribution < 1.29 is 14.6 Å². The van der Waals surface area contributed by atoms with Crippen molar-refractivity contribution in [2.24, 2.45) is 23.2 Å². The molecule has 0 fully saturated rings. The van der Waals surface area contributed by atoms with Gasteiger partial charge in [-0.25, -0.2) is 0 Å². The Morgan fingerprint density at radius 3 is 2.15 bits per heavy atom. The molecule has 0 radical (unpaired) electrons. The van der Waals surface area contributed by atoms with Crippen molar-refractivity contribution in [2.45, 2.75) is 86.2 Å². The molecule has 4 heteroatoms. The molecule has 0 aliphatic heterocycles. The van der Waals surface area contributed by atoms with E-state index in [0.717, 1.165) is 12.8 Å². The molecule has 1 N–H and O–H groups in total. The Kier molecular flexibility index (Phi) is 11.5. The minimum absolute atomic E-state index is 0.162. The highest BCUT2D eigenvalue weighted by Gasteiger charge is 2.24. The van der Waals surface area contributed by atoms with Crippen LogP contribution in [0.5, 0.6) is 0 Å². The zero-order chi connectivity index (χ0) is 21.3. The summed E-state index contributed by atoms with van der Waals surface area (Å²) in [4.78, 5) is 11.7. The van der Waals surface area contributed by atoms with E-state index < -0.39 is 19.6 Å². The molecule has 158 valence electrons. The van der Waals surface area contributed by atoms with Crippen LogP contribution in [0.4, 0.5) is 0 Å². The number of unbranched alkanes of at least 4 members (excludes halogenated alkanes) is 1. The van der Waals surface area contributed by atoms with Gasteiger partial charge in [0.1, 0.15) is 0 Å².